The topological polar surface area (TPSA) is 85.3 Å². The van der Waals surface area contributed by atoms with Gasteiger partial charge < -0.3 is 14.6 Å². The lowest BCUT2D eigenvalue weighted by Gasteiger charge is -2.44. The van der Waals surface area contributed by atoms with Crippen molar-refractivity contribution >= 4 is 10.1 Å². The average molecular weight is 450 g/mol. The van der Waals surface area contributed by atoms with Gasteiger partial charge in [0.15, 0.2) is 0 Å². The number of aliphatic hydroxyl groups is 1. The summed E-state index contributed by atoms with van der Waals surface area (Å²) < 4.78 is 39.9. The summed E-state index contributed by atoms with van der Waals surface area (Å²) in [5, 5.41) is 10.6. The second kappa shape index (κ2) is 11.2. The van der Waals surface area contributed by atoms with Crippen LogP contribution in [0.5, 0.6) is 0 Å². The van der Waals surface area contributed by atoms with Gasteiger partial charge >= 0.3 is 0 Å². The molecule has 1 heterocycles. The van der Waals surface area contributed by atoms with Crippen molar-refractivity contribution in [1.82, 2.24) is 4.90 Å². The summed E-state index contributed by atoms with van der Waals surface area (Å²) in [5.41, 5.74) is 1.59. The lowest BCUT2D eigenvalue weighted by atomic mass is 9.87. The van der Waals surface area contributed by atoms with Crippen LogP contribution in [-0.4, -0.2) is 70.3 Å². The van der Waals surface area contributed by atoms with Crippen molar-refractivity contribution in [2.24, 2.45) is 5.41 Å². The molecule has 1 N–H and O–H groups in total. The van der Waals surface area contributed by atoms with Crippen molar-refractivity contribution in [2.75, 3.05) is 45.8 Å². The van der Waals surface area contributed by atoms with Crippen molar-refractivity contribution in [2.45, 2.75) is 19.3 Å². The Morgan fingerprint density at radius 3 is 2.23 bits per heavy atom. The lowest BCUT2D eigenvalue weighted by molar-refractivity contribution is -0.118. The van der Waals surface area contributed by atoms with Crippen molar-refractivity contribution < 1.29 is 27.2 Å². The minimum Gasteiger partial charge on any atom is -0.389 e. The van der Waals surface area contributed by atoms with E-state index >= 15 is 0 Å². The minimum absolute atomic E-state index is 0.109. The molecule has 0 unspecified atom stereocenters. The predicted molar refractivity (Wildman–Crippen MR) is 118 cm³/mol. The molecule has 0 amide bonds. The minimum atomic E-state index is -3.62. The van der Waals surface area contributed by atoms with Gasteiger partial charge in [-0.05, 0) is 11.1 Å². The Hall–Kier alpha value is -1.81. The second-order valence-electron chi connectivity index (χ2n) is 8.17. The molecule has 1 atom stereocenters. The smallest absolute Gasteiger partial charge is 0.267 e. The largest absolute Gasteiger partial charge is 0.389 e. The van der Waals surface area contributed by atoms with E-state index in [0.29, 0.717) is 39.5 Å². The first-order valence-corrected chi connectivity index (χ1v) is 11.9. The van der Waals surface area contributed by atoms with Gasteiger partial charge in [-0.15, -0.1) is 0 Å². The molecule has 170 valence electrons. The van der Waals surface area contributed by atoms with Gasteiger partial charge in [0.05, 0.1) is 45.4 Å². The van der Waals surface area contributed by atoms with Crippen molar-refractivity contribution in [3.8, 4) is 0 Å². The standard InChI is InChI=1S/C23H31NO6S/c1-28-31(26,27)19-23(17-30-18-23)16-24(12-20-8-4-2-5-9-20)13-22(25)15-29-14-21-10-6-3-7-11-21/h2-11,22,25H,12-19H2,1H3/t22-/m0/s1. The van der Waals surface area contributed by atoms with E-state index in [0.717, 1.165) is 11.1 Å². The summed E-state index contributed by atoms with van der Waals surface area (Å²) in [6.07, 6.45) is -0.704. The molecule has 8 heteroatoms. The molecule has 1 saturated heterocycles. The molecule has 1 aliphatic heterocycles. The average Bonchev–Trinajstić information content (AvgIpc) is 2.73. The van der Waals surface area contributed by atoms with Gasteiger partial charge in [0, 0.05) is 25.0 Å². The molecule has 0 spiro atoms. The van der Waals surface area contributed by atoms with Crippen LogP contribution >= 0.6 is 0 Å². The summed E-state index contributed by atoms with van der Waals surface area (Å²) in [4.78, 5) is 2.07. The van der Waals surface area contributed by atoms with Crippen LogP contribution in [-0.2, 0) is 36.9 Å². The third-order valence-electron chi connectivity index (χ3n) is 5.25. The molecule has 0 bridgehead atoms. The van der Waals surface area contributed by atoms with Crippen molar-refractivity contribution in [3.05, 3.63) is 71.8 Å². The van der Waals surface area contributed by atoms with Crippen LogP contribution in [0.25, 0.3) is 0 Å². The van der Waals surface area contributed by atoms with E-state index in [2.05, 4.69) is 9.08 Å². The SMILES string of the molecule is COS(=O)(=O)CC1(CN(Cc2ccccc2)C[C@H](O)COCc2ccccc2)COC1. The fourth-order valence-electron chi connectivity index (χ4n) is 3.78. The first kappa shape index (κ1) is 23.8. The number of benzene rings is 2. The first-order valence-electron chi connectivity index (χ1n) is 10.3. The number of hydrogen-bond donors (Lipinski definition) is 1. The van der Waals surface area contributed by atoms with Gasteiger partial charge in [0.25, 0.3) is 10.1 Å². The summed E-state index contributed by atoms with van der Waals surface area (Å²) in [6.45, 7) is 2.74. The van der Waals surface area contributed by atoms with E-state index in [-0.39, 0.29) is 12.4 Å². The molecule has 1 aliphatic rings. The van der Waals surface area contributed by atoms with Crippen LogP contribution in [0.3, 0.4) is 0 Å². The molecule has 0 saturated carbocycles. The lowest BCUT2D eigenvalue weighted by Crippen LogP contribution is -2.55. The number of ether oxygens (including phenoxy) is 2. The van der Waals surface area contributed by atoms with Gasteiger partial charge in [-0.3, -0.25) is 9.08 Å². The van der Waals surface area contributed by atoms with Crippen LogP contribution in [0.4, 0.5) is 0 Å². The van der Waals surface area contributed by atoms with Crippen molar-refractivity contribution in [1.29, 1.82) is 0 Å². The van der Waals surface area contributed by atoms with Crippen LogP contribution in [0.15, 0.2) is 60.7 Å². The molecule has 2 aromatic carbocycles. The number of hydrogen-bond acceptors (Lipinski definition) is 7. The number of rotatable bonds is 13. The third kappa shape index (κ3) is 7.68. The van der Waals surface area contributed by atoms with Crippen LogP contribution in [0.1, 0.15) is 11.1 Å². The number of nitrogens with zero attached hydrogens (tertiary/aromatic N) is 1. The van der Waals surface area contributed by atoms with Gasteiger partial charge in [-0.25, -0.2) is 0 Å². The molecule has 0 aromatic heterocycles. The van der Waals surface area contributed by atoms with E-state index in [1.807, 2.05) is 60.7 Å². The maximum Gasteiger partial charge on any atom is 0.267 e. The third-order valence-corrected chi connectivity index (χ3v) is 6.73. The van der Waals surface area contributed by atoms with E-state index in [1.165, 1.54) is 7.11 Å². The molecule has 1 fully saturated rings. The molecular weight excluding hydrogens is 418 g/mol. The zero-order valence-electron chi connectivity index (χ0n) is 17.9. The Balaban J connectivity index is 1.61. The van der Waals surface area contributed by atoms with Crippen LogP contribution < -0.4 is 0 Å². The highest BCUT2D eigenvalue weighted by molar-refractivity contribution is 7.86. The highest BCUT2D eigenvalue weighted by Crippen LogP contribution is 2.31. The van der Waals surface area contributed by atoms with E-state index in [9.17, 15) is 13.5 Å². The zero-order chi connectivity index (χ0) is 22.2. The molecule has 0 aliphatic carbocycles. The van der Waals surface area contributed by atoms with Crippen LogP contribution in [0, 0.1) is 5.41 Å². The fourth-order valence-corrected chi connectivity index (χ4v) is 4.91. The second-order valence-corrected chi connectivity index (χ2v) is 9.91. The maximum absolute atomic E-state index is 12.1. The number of aliphatic hydroxyl groups excluding tert-OH is 1. The maximum atomic E-state index is 12.1. The fraction of sp³-hybridized carbons (Fsp3) is 0.478. The Labute approximate surface area is 184 Å². The molecule has 31 heavy (non-hydrogen) atoms. The Kier molecular flexibility index (Phi) is 8.59. The summed E-state index contributed by atoms with van der Waals surface area (Å²) in [5.74, 6) is -0.109. The quantitative estimate of drug-likeness (QED) is 0.469. The van der Waals surface area contributed by atoms with E-state index < -0.39 is 21.6 Å². The summed E-state index contributed by atoms with van der Waals surface area (Å²) >= 11 is 0. The molecule has 2 aromatic rings. The predicted octanol–water partition coefficient (Wildman–Crippen LogP) is 2.06. The molecule has 3 rings (SSSR count). The van der Waals surface area contributed by atoms with E-state index in [4.69, 9.17) is 9.47 Å². The Bertz CT molecular complexity index is 887. The first-order chi connectivity index (χ1) is 14.9. The van der Waals surface area contributed by atoms with Gasteiger partial charge in [-0.1, -0.05) is 60.7 Å². The van der Waals surface area contributed by atoms with Gasteiger partial charge in [-0.2, -0.15) is 8.42 Å². The van der Waals surface area contributed by atoms with Gasteiger partial charge in [0.1, 0.15) is 0 Å². The monoisotopic (exact) mass is 449 g/mol. The molecule has 0 radical (unpaired) electrons. The molecular formula is C23H31NO6S. The Morgan fingerprint density at radius 1 is 1.06 bits per heavy atom. The van der Waals surface area contributed by atoms with E-state index in [1.54, 1.807) is 0 Å². The van der Waals surface area contributed by atoms with Crippen molar-refractivity contribution in [3.63, 3.8) is 0 Å². The highest BCUT2D eigenvalue weighted by atomic mass is 32.2. The summed E-state index contributed by atoms with van der Waals surface area (Å²) in [6, 6.07) is 19.7. The normalized spacial score (nSPS) is 16.7. The zero-order valence-corrected chi connectivity index (χ0v) is 18.7. The highest BCUT2D eigenvalue weighted by Gasteiger charge is 2.44. The van der Waals surface area contributed by atoms with Crippen LogP contribution in [0.2, 0.25) is 0 Å². The summed E-state index contributed by atoms with van der Waals surface area (Å²) in [7, 11) is -2.44. The van der Waals surface area contributed by atoms with Gasteiger partial charge in [0.2, 0.25) is 0 Å². The Morgan fingerprint density at radius 2 is 1.68 bits per heavy atom. The molecule has 7 nitrogen and oxygen atoms in total.